The molecule has 28 heavy (non-hydrogen) atoms. The molecule has 0 aliphatic heterocycles. The number of hydrogen-bond donors (Lipinski definition) is 1. The highest BCUT2D eigenvalue weighted by molar-refractivity contribution is 6.04. The van der Waals surface area contributed by atoms with Gasteiger partial charge in [-0.2, -0.15) is 5.10 Å². The van der Waals surface area contributed by atoms with Crippen molar-refractivity contribution in [3.8, 4) is 17.4 Å². The van der Waals surface area contributed by atoms with Gasteiger partial charge in [-0.25, -0.2) is 0 Å². The van der Waals surface area contributed by atoms with Crippen molar-refractivity contribution in [2.45, 2.75) is 13.3 Å². The van der Waals surface area contributed by atoms with Gasteiger partial charge in [0, 0.05) is 17.3 Å². The second kappa shape index (κ2) is 7.95. The number of benzene rings is 2. The summed E-state index contributed by atoms with van der Waals surface area (Å²) in [5.41, 5.74) is 1.36. The number of aryl methyl sites for hydroxylation is 1. The van der Waals surface area contributed by atoms with Gasteiger partial charge in [0.05, 0.1) is 5.69 Å². The van der Waals surface area contributed by atoms with Crippen molar-refractivity contribution >= 4 is 11.6 Å². The standard InChI is InChI=1S/C19H14F3N3O3/c1-12-5-10-17(25-24-12)27-16-4-2-3-13(11-16)18(26)23-14-6-8-15(9-7-14)28-19(20,21)22/h2-11H,1H3,(H,23,26). The smallest absolute Gasteiger partial charge is 0.438 e. The highest BCUT2D eigenvalue weighted by Crippen LogP contribution is 2.25. The Bertz CT molecular complexity index is 959. The molecule has 0 atom stereocenters. The number of anilines is 1. The second-order valence-electron chi connectivity index (χ2n) is 5.67. The Morgan fingerprint density at radius 1 is 0.964 bits per heavy atom. The van der Waals surface area contributed by atoms with Crippen LogP contribution in [-0.4, -0.2) is 22.5 Å². The summed E-state index contributed by atoms with van der Waals surface area (Å²) < 4.78 is 45.9. The summed E-state index contributed by atoms with van der Waals surface area (Å²) in [5.74, 6) is -0.159. The molecular formula is C19H14F3N3O3. The van der Waals surface area contributed by atoms with Crippen LogP contribution in [0.4, 0.5) is 18.9 Å². The van der Waals surface area contributed by atoms with E-state index in [1.54, 1.807) is 37.3 Å². The van der Waals surface area contributed by atoms with Gasteiger partial charge in [-0.15, -0.1) is 18.3 Å². The van der Waals surface area contributed by atoms with E-state index in [4.69, 9.17) is 4.74 Å². The minimum absolute atomic E-state index is 0.281. The Morgan fingerprint density at radius 3 is 2.36 bits per heavy atom. The maximum Gasteiger partial charge on any atom is 0.573 e. The van der Waals surface area contributed by atoms with Crippen LogP contribution in [0, 0.1) is 6.92 Å². The summed E-state index contributed by atoms with van der Waals surface area (Å²) >= 11 is 0. The highest BCUT2D eigenvalue weighted by Gasteiger charge is 2.30. The fraction of sp³-hybridized carbons (Fsp3) is 0.105. The third-order valence-corrected chi connectivity index (χ3v) is 3.44. The van der Waals surface area contributed by atoms with Crippen molar-refractivity contribution in [2.75, 3.05) is 5.32 Å². The fourth-order valence-corrected chi connectivity index (χ4v) is 2.21. The van der Waals surface area contributed by atoms with Crippen molar-refractivity contribution in [3.63, 3.8) is 0 Å². The minimum Gasteiger partial charge on any atom is -0.438 e. The van der Waals surface area contributed by atoms with Crippen molar-refractivity contribution in [1.29, 1.82) is 0 Å². The molecular weight excluding hydrogens is 375 g/mol. The molecule has 9 heteroatoms. The van der Waals surface area contributed by atoms with Crippen LogP contribution in [0.2, 0.25) is 0 Å². The number of carbonyl (C=O) groups is 1. The molecule has 0 aliphatic rings. The van der Waals surface area contributed by atoms with Crippen molar-refractivity contribution < 1.29 is 27.4 Å². The van der Waals surface area contributed by atoms with Crippen LogP contribution in [0.5, 0.6) is 17.4 Å². The van der Waals surface area contributed by atoms with Crippen LogP contribution >= 0.6 is 0 Å². The molecule has 0 radical (unpaired) electrons. The number of hydrogen-bond acceptors (Lipinski definition) is 5. The maximum atomic E-state index is 12.4. The molecule has 0 unspecified atom stereocenters. The Labute approximate surface area is 157 Å². The summed E-state index contributed by atoms with van der Waals surface area (Å²) in [5, 5.41) is 10.4. The lowest BCUT2D eigenvalue weighted by atomic mass is 10.2. The predicted molar refractivity (Wildman–Crippen MR) is 94.4 cm³/mol. The summed E-state index contributed by atoms with van der Waals surface area (Å²) in [6, 6.07) is 14.6. The number of nitrogens with one attached hydrogen (secondary N) is 1. The first-order chi connectivity index (χ1) is 13.3. The third kappa shape index (κ3) is 5.44. The van der Waals surface area contributed by atoms with E-state index in [0.29, 0.717) is 17.0 Å². The number of carbonyl (C=O) groups excluding carboxylic acids is 1. The molecule has 0 saturated heterocycles. The van der Waals surface area contributed by atoms with Crippen LogP contribution < -0.4 is 14.8 Å². The van der Waals surface area contributed by atoms with Crippen molar-refractivity contribution in [2.24, 2.45) is 0 Å². The molecule has 1 aromatic heterocycles. The van der Waals surface area contributed by atoms with Crippen LogP contribution in [0.3, 0.4) is 0 Å². The molecule has 6 nitrogen and oxygen atoms in total. The summed E-state index contributed by atoms with van der Waals surface area (Å²) in [6.45, 7) is 1.80. The molecule has 3 aromatic rings. The van der Waals surface area contributed by atoms with Crippen molar-refractivity contribution in [1.82, 2.24) is 10.2 Å². The number of halogens is 3. The lowest BCUT2D eigenvalue weighted by molar-refractivity contribution is -0.274. The second-order valence-corrected chi connectivity index (χ2v) is 5.67. The Balaban J connectivity index is 1.66. The zero-order valence-electron chi connectivity index (χ0n) is 14.5. The van der Waals surface area contributed by atoms with Gasteiger partial charge in [-0.1, -0.05) is 6.07 Å². The van der Waals surface area contributed by atoms with Gasteiger partial charge in [0.25, 0.3) is 5.91 Å². The van der Waals surface area contributed by atoms with Crippen LogP contribution in [0.25, 0.3) is 0 Å². The lowest BCUT2D eigenvalue weighted by Crippen LogP contribution is -2.17. The first-order valence-electron chi connectivity index (χ1n) is 8.04. The van der Waals surface area contributed by atoms with E-state index in [-0.39, 0.29) is 11.6 Å². The molecule has 0 bridgehead atoms. The van der Waals surface area contributed by atoms with Gasteiger partial charge < -0.3 is 14.8 Å². The van der Waals surface area contributed by atoms with Crippen LogP contribution in [-0.2, 0) is 0 Å². The van der Waals surface area contributed by atoms with Gasteiger partial charge >= 0.3 is 6.36 Å². The number of amides is 1. The number of alkyl halides is 3. The van der Waals surface area contributed by atoms with Gasteiger partial charge in [-0.05, 0) is 55.5 Å². The van der Waals surface area contributed by atoms with Gasteiger partial charge in [-0.3, -0.25) is 4.79 Å². The van der Waals surface area contributed by atoms with Crippen LogP contribution in [0.15, 0.2) is 60.7 Å². The summed E-state index contributed by atoms with van der Waals surface area (Å²) in [6.07, 6.45) is -4.77. The van der Waals surface area contributed by atoms with Crippen molar-refractivity contribution in [3.05, 3.63) is 71.9 Å². The first kappa shape index (κ1) is 19.2. The maximum absolute atomic E-state index is 12.4. The SMILES string of the molecule is Cc1ccc(Oc2cccc(C(=O)Nc3ccc(OC(F)(F)F)cc3)c2)nn1. The quantitative estimate of drug-likeness (QED) is 0.683. The third-order valence-electron chi connectivity index (χ3n) is 3.44. The lowest BCUT2D eigenvalue weighted by Gasteiger charge is -2.10. The van der Waals surface area contributed by atoms with E-state index in [1.807, 2.05) is 0 Å². The van der Waals surface area contributed by atoms with E-state index in [9.17, 15) is 18.0 Å². The number of aromatic nitrogens is 2. The highest BCUT2D eigenvalue weighted by atomic mass is 19.4. The fourth-order valence-electron chi connectivity index (χ4n) is 2.21. The zero-order valence-corrected chi connectivity index (χ0v) is 14.5. The number of rotatable bonds is 5. The average Bonchev–Trinajstić information content (AvgIpc) is 2.64. The topological polar surface area (TPSA) is 73.3 Å². The van der Waals surface area contributed by atoms with Gasteiger partial charge in [0.15, 0.2) is 0 Å². The normalized spacial score (nSPS) is 11.0. The number of ether oxygens (including phenoxy) is 2. The van der Waals surface area contributed by atoms with E-state index in [1.165, 1.54) is 18.2 Å². The first-order valence-corrected chi connectivity index (χ1v) is 8.04. The van der Waals surface area contributed by atoms with Gasteiger partial charge in [0.2, 0.25) is 5.88 Å². The molecule has 0 spiro atoms. The van der Waals surface area contributed by atoms with Gasteiger partial charge in [0.1, 0.15) is 11.5 Å². The number of nitrogens with zero attached hydrogens (tertiary/aromatic N) is 2. The Kier molecular flexibility index (Phi) is 5.44. The monoisotopic (exact) mass is 389 g/mol. The molecule has 2 aromatic carbocycles. The largest absolute Gasteiger partial charge is 0.573 e. The molecule has 144 valence electrons. The molecule has 0 saturated carbocycles. The molecule has 0 fully saturated rings. The summed E-state index contributed by atoms with van der Waals surface area (Å²) in [4.78, 5) is 12.4. The molecule has 0 aliphatic carbocycles. The minimum atomic E-state index is -4.77. The Morgan fingerprint density at radius 2 is 1.71 bits per heavy atom. The van der Waals surface area contributed by atoms with E-state index < -0.39 is 12.3 Å². The average molecular weight is 389 g/mol. The molecule has 1 N–H and O–H groups in total. The predicted octanol–water partition coefficient (Wildman–Crippen LogP) is 4.73. The van der Waals surface area contributed by atoms with Crippen LogP contribution in [0.1, 0.15) is 16.1 Å². The van der Waals surface area contributed by atoms with E-state index in [2.05, 4.69) is 20.3 Å². The zero-order chi connectivity index (χ0) is 20.1. The molecule has 1 amide bonds. The molecule has 1 heterocycles. The van der Waals surface area contributed by atoms with E-state index >= 15 is 0 Å². The summed E-state index contributed by atoms with van der Waals surface area (Å²) in [7, 11) is 0. The molecule has 3 rings (SSSR count). The Hall–Kier alpha value is -3.62. The van der Waals surface area contributed by atoms with E-state index in [0.717, 1.165) is 17.8 Å².